The van der Waals surface area contributed by atoms with Crippen molar-refractivity contribution in [1.29, 1.82) is 0 Å². The first kappa shape index (κ1) is 43.9. The van der Waals surface area contributed by atoms with Crippen molar-refractivity contribution in [2.45, 2.75) is 149 Å². The predicted molar refractivity (Wildman–Crippen MR) is 173 cm³/mol. The molecule has 268 valence electrons. The number of hydrogen-bond acceptors (Lipinski definition) is 4. The molecular formula is C30H60F6NO4PS2. The summed E-state index contributed by atoms with van der Waals surface area (Å²) in [6, 6.07) is 0. The zero-order valence-electron chi connectivity index (χ0n) is 28.1. The molecule has 3 unspecified atom stereocenters. The Bertz CT molecular complexity index is 943. The van der Waals surface area contributed by atoms with Gasteiger partial charge in [-0.1, -0.05) is 0 Å². The Labute approximate surface area is 264 Å². The Morgan fingerprint density at radius 2 is 0.795 bits per heavy atom. The number of hydrogen-bond donors (Lipinski definition) is 0. The summed E-state index contributed by atoms with van der Waals surface area (Å²) in [6.07, 6.45) is 6.22. The minimum atomic E-state index is -6.97. The molecule has 0 spiro atoms. The van der Waals surface area contributed by atoms with Crippen LogP contribution in [0, 0.1) is 17.8 Å². The third-order valence-electron chi connectivity index (χ3n) is 9.36. The second-order valence-electron chi connectivity index (χ2n) is 12.9. The van der Waals surface area contributed by atoms with E-state index in [1.54, 1.807) is 27.7 Å². The Morgan fingerprint density at radius 3 is 1.00 bits per heavy atom. The molecule has 0 radical (unpaired) electrons. The van der Waals surface area contributed by atoms with E-state index in [0.29, 0.717) is 64.2 Å². The quantitative estimate of drug-likeness (QED) is 0.0739. The average Bonchev–Trinajstić information content (AvgIpc) is 2.93. The van der Waals surface area contributed by atoms with E-state index in [2.05, 4.69) is 0 Å². The van der Waals surface area contributed by atoms with Crippen molar-refractivity contribution in [3.63, 3.8) is 0 Å². The fourth-order valence-corrected chi connectivity index (χ4v) is 24.0. The molecule has 0 amide bonds. The molecule has 0 aliphatic heterocycles. The van der Waals surface area contributed by atoms with Gasteiger partial charge in [0.1, 0.15) is 0 Å². The molecule has 14 heteroatoms. The number of alkyl halides is 6. The summed E-state index contributed by atoms with van der Waals surface area (Å²) >= 11 is 0. The van der Waals surface area contributed by atoms with Crippen molar-refractivity contribution in [2.24, 2.45) is 17.8 Å². The van der Waals surface area contributed by atoms with Crippen LogP contribution in [0.15, 0.2) is 0 Å². The molecular weight excluding hydrogens is 647 g/mol. The van der Waals surface area contributed by atoms with E-state index in [0.717, 1.165) is 19.3 Å². The summed E-state index contributed by atoms with van der Waals surface area (Å²) in [5, 5.41) is 0. The Kier molecular flexibility index (Phi) is 18.4. The van der Waals surface area contributed by atoms with Gasteiger partial charge in [0.05, 0.1) is 0 Å². The molecule has 0 saturated heterocycles. The van der Waals surface area contributed by atoms with Crippen LogP contribution in [0.25, 0.3) is 0 Å². The molecule has 0 aromatic carbocycles. The first-order valence-corrected chi connectivity index (χ1v) is 22.5. The summed E-state index contributed by atoms with van der Waals surface area (Å²) in [6.45, 7) is 7.70. The molecule has 0 N–H and O–H groups in total. The van der Waals surface area contributed by atoms with Crippen LogP contribution in [-0.2, 0) is 20.0 Å². The number of rotatable bonds is 24. The van der Waals surface area contributed by atoms with E-state index < -0.39 is 59.1 Å². The van der Waals surface area contributed by atoms with Gasteiger partial charge in [-0.15, -0.1) is 0 Å². The van der Waals surface area contributed by atoms with Gasteiger partial charge in [-0.2, -0.15) is 0 Å². The molecule has 0 aliphatic rings. The van der Waals surface area contributed by atoms with Crippen LogP contribution in [-0.4, -0.2) is 56.0 Å². The Balaban J connectivity index is 8.65. The van der Waals surface area contributed by atoms with Gasteiger partial charge in [-0.3, -0.25) is 0 Å². The van der Waals surface area contributed by atoms with Crippen molar-refractivity contribution < 1.29 is 43.2 Å². The van der Waals surface area contributed by atoms with Crippen LogP contribution in [0.3, 0.4) is 0 Å². The maximum absolute atomic E-state index is 14.6. The molecule has 3 atom stereocenters. The van der Waals surface area contributed by atoms with Crippen molar-refractivity contribution in [1.82, 2.24) is 3.48 Å². The van der Waals surface area contributed by atoms with Crippen molar-refractivity contribution in [3.05, 3.63) is 0 Å². The fourth-order valence-electron chi connectivity index (χ4n) is 7.00. The van der Waals surface area contributed by atoms with Crippen molar-refractivity contribution in [3.8, 4) is 0 Å². The maximum atomic E-state index is 14.6. The number of nitrogens with zero attached hydrogens (tertiary/aromatic N) is 1. The molecule has 0 fully saturated rings. The third kappa shape index (κ3) is 11.0. The first-order valence-electron chi connectivity index (χ1n) is 16.7. The molecule has 0 aromatic rings. The zero-order valence-corrected chi connectivity index (χ0v) is 30.6. The van der Waals surface area contributed by atoms with Crippen LogP contribution < -0.4 is 0 Å². The molecule has 44 heavy (non-hydrogen) atoms. The van der Waals surface area contributed by atoms with Crippen LogP contribution >= 0.6 is 6.75 Å². The van der Waals surface area contributed by atoms with E-state index >= 15 is 0 Å². The fraction of sp³-hybridized carbons (Fsp3) is 1.00. The van der Waals surface area contributed by atoms with Gasteiger partial charge in [0.2, 0.25) is 0 Å². The van der Waals surface area contributed by atoms with Crippen molar-refractivity contribution in [2.75, 3.05) is 24.6 Å². The second kappa shape index (κ2) is 18.4. The summed E-state index contributed by atoms with van der Waals surface area (Å²) < 4.78 is 142. The molecule has 0 heterocycles. The van der Waals surface area contributed by atoms with Gasteiger partial charge in [-0.25, -0.2) is 0 Å². The van der Waals surface area contributed by atoms with Gasteiger partial charge in [0, 0.05) is 0 Å². The van der Waals surface area contributed by atoms with Gasteiger partial charge < -0.3 is 0 Å². The summed E-state index contributed by atoms with van der Waals surface area (Å²) in [7, 11) is -13.9. The molecule has 0 bridgehead atoms. The first-order chi connectivity index (χ1) is 20.2. The van der Waals surface area contributed by atoms with Crippen LogP contribution in [0.4, 0.5) is 26.3 Å². The van der Waals surface area contributed by atoms with Gasteiger partial charge >= 0.3 is 265 Å². The van der Waals surface area contributed by atoms with Gasteiger partial charge in [-0.05, 0) is 0 Å². The second-order valence-corrected chi connectivity index (χ2v) is 22.9. The molecule has 0 aliphatic carbocycles. The van der Waals surface area contributed by atoms with Crippen molar-refractivity contribution >= 4 is 26.8 Å². The Hall–Kier alpha value is -0.130. The van der Waals surface area contributed by atoms with Crippen LogP contribution in [0.1, 0.15) is 138 Å². The predicted octanol–water partition coefficient (Wildman–Crippen LogP) is 10.9. The third-order valence-corrected chi connectivity index (χ3v) is 23.3. The molecule has 0 rings (SSSR count). The SMILES string of the molecule is CCCCC(CC)CP(CCCC)(CC(CC)CCCC)(CC(CC)CCCC)N(S(=O)(=O)C(F)(F)F)S(=O)(=O)C(F)(F)F. The average molecular weight is 708 g/mol. The molecule has 0 aromatic heterocycles. The topological polar surface area (TPSA) is 71.5 Å². The van der Waals surface area contributed by atoms with E-state index in [9.17, 15) is 43.2 Å². The monoisotopic (exact) mass is 707 g/mol. The molecule has 5 nitrogen and oxygen atoms in total. The van der Waals surface area contributed by atoms with Gasteiger partial charge in [0.25, 0.3) is 0 Å². The van der Waals surface area contributed by atoms with Gasteiger partial charge in [0.15, 0.2) is 0 Å². The number of halogens is 6. The number of unbranched alkanes of at least 4 members (excludes halogenated alkanes) is 4. The van der Waals surface area contributed by atoms with Crippen LogP contribution in [0.2, 0.25) is 0 Å². The Morgan fingerprint density at radius 1 is 0.523 bits per heavy atom. The van der Waals surface area contributed by atoms with Crippen LogP contribution in [0.5, 0.6) is 0 Å². The normalized spacial score (nSPS) is 16.9. The number of sulfonamides is 2. The summed E-state index contributed by atoms with van der Waals surface area (Å²) in [5.74, 6) is -1.27. The summed E-state index contributed by atoms with van der Waals surface area (Å²) in [4.78, 5) is 0. The zero-order chi connectivity index (χ0) is 34.5. The van der Waals surface area contributed by atoms with E-state index in [-0.39, 0.29) is 31.1 Å². The minimum absolute atomic E-state index is 0.133. The van der Waals surface area contributed by atoms with E-state index in [1.165, 1.54) is 0 Å². The summed E-state index contributed by atoms with van der Waals surface area (Å²) in [5.41, 5.74) is -12.5. The standard InChI is InChI=1S/C30H60F6NO4PS2/c1-8-15-19-26(12-5)23-42(22-18-11-4,24-27(13-6)20-16-9-2,25-28(14-7)21-17-10-3)37(43(38,39)29(31,32)33)44(40,41)30(34,35)36/h26-28H,8-25H2,1-7H3. The molecule has 0 saturated carbocycles. The van der Waals surface area contributed by atoms with E-state index in [4.69, 9.17) is 0 Å². The van der Waals surface area contributed by atoms with E-state index in [1.807, 2.05) is 20.8 Å².